The van der Waals surface area contributed by atoms with E-state index in [1.54, 1.807) is 20.8 Å². The second-order valence-electron chi connectivity index (χ2n) is 19.6. The van der Waals surface area contributed by atoms with E-state index in [1.165, 1.54) is 11.8 Å². The first kappa shape index (κ1) is 41.7. The first-order valence-corrected chi connectivity index (χ1v) is 23.2. The summed E-state index contributed by atoms with van der Waals surface area (Å²) in [7, 11) is -4.23. The van der Waals surface area contributed by atoms with E-state index < -0.39 is 86.5 Å². The van der Waals surface area contributed by atoms with Crippen molar-refractivity contribution < 1.29 is 45.9 Å². The summed E-state index contributed by atoms with van der Waals surface area (Å²) in [5.74, 6) is -2.99. The molecule has 2 aliphatic heterocycles. The summed E-state index contributed by atoms with van der Waals surface area (Å²) in [5.41, 5.74) is -1.19. The number of nitrogens with zero attached hydrogens (tertiary/aromatic N) is 3. The zero-order valence-electron chi connectivity index (χ0n) is 34.9. The van der Waals surface area contributed by atoms with Crippen molar-refractivity contribution in [3.05, 3.63) is 42.1 Å². The molecule has 2 bridgehead atoms. The summed E-state index contributed by atoms with van der Waals surface area (Å²) in [6.07, 6.45) is 0.996. The average molecular weight is 865 g/mol. The maximum absolute atomic E-state index is 14.9. The van der Waals surface area contributed by atoms with E-state index in [-0.39, 0.29) is 30.9 Å². The van der Waals surface area contributed by atoms with E-state index in [4.69, 9.17) is 19.4 Å². The highest BCUT2D eigenvalue weighted by molar-refractivity contribution is 7.91. The molecule has 9 rings (SSSR count). The van der Waals surface area contributed by atoms with Gasteiger partial charge in [-0.05, 0) is 92.9 Å². The number of ether oxygens (including phenoxy) is 2. The third kappa shape index (κ3) is 7.77. The minimum absolute atomic E-state index is 0.131. The number of aromatic nitrogens is 2. The predicted octanol–water partition coefficient (Wildman–Crippen LogP) is 5.55. The Kier molecular flexibility index (Phi) is 10.3. The number of hydrogen-bond donors (Lipinski definition) is 3. The van der Waals surface area contributed by atoms with Gasteiger partial charge in [-0.25, -0.2) is 32.0 Å². The van der Waals surface area contributed by atoms with Crippen molar-refractivity contribution in [1.82, 2.24) is 30.2 Å². The van der Waals surface area contributed by atoms with Crippen LogP contribution in [-0.4, -0.2) is 94.6 Å². The molecule has 6 aliphatic rings. The fraction of sp³-hybridized carbons (Fsp3) is 0.636. The van der Waals surface area contributed by atoms with Crippen molar-refractivity contribution in [3.8, 4) is 5.88 Å². The van der Waals surface area contributed by atoms with E-state index in [0.29, 0.717) is 47.8 Å². The smallest absolute Gasteiger partial charge is 0.408 e. The number of hydrogen-bond acceptors (Lipinski definition) is 10. The summed E-state index contributed by atoms with van der Waals surface area (Å²) < 4.78 is 68.3. The number of carbonyl (C=O) groups is 4. The quantitative estimate of drug-likeness (QED) is 0.266. The summed E-state index contributed by atoms with van der Waals surface area (Å²) in [6, 6.07) is 9.13. The van der Waals surface area contributed by atoms with Gasteiger partial charge in [0.25, 0.3) is 5.91 Å². The molecule has 1 aromatic heterocycles. The second kappa shape index (κ2) is 15.0. The molecule has 0 radical (unpaired) electrons. The Morgan fingerprint density at radius 1 is 0.984 bits per heavy atom. The van der Waals surface area contributed by atoms with E-state index >= 15 is 0 Å². The Bertz CT molecular complexity index is 2410. The molecule has 5 fully saturated rings. The molecular formula is C44H54F2N6O8S. The fourth-order valence-electron chi connectivity index (χ4n) is 10.0. The number of rotatable bonds is 6. The highest BCUT2D eigenvalue weighted by atomic mass is 32.2. The zero-order chi connectivity index (χ0) is 43.2. The number of halogens is 2. The van der Waals surface area contributed by atoms with Gasteiger partial charge in [-0.2, -0.15) is 0 Å². The van der Waals surface area contributed by atoms with Crippen molar-refractivity contribution in [2.24, 2.45) is 29.1 Å². The number of amides is 4. The molecule has 4 amide bonds. The molecule has 14 nitrogen and oxygen atoms in total. The lowest BCUT2D eigenvalue weighted by molar-refractivity contribution is -0.143. The number of sulfonamides is 1. The number of nitrogens with one attached hydrogen (secondary N) is 3. The molecule has 17 heteroatoms. The van der Waals surface area contributed by atoms with Crippen molar-refractivity contribution in [2.45, 2.75) is 139 Å². The Balaban J connectivity index is 1.07. The molecular weight excluding hydrogens is 811 g/mol. The normalized spacial score (nSPS) is 32.3. The monoisotopic (exact) mass is 864 g/mol. The number of fused-ring (bicyclic) bond motifs is 9. The van der Waals surface area contributed by atoms with Crippen LogP contribution >= 0.6 is 0 Å². The third-order valence-corrected chi connectivity index (χ3v) is 16.4. The van der Waals surface area contributed by atoms with E-state index in [1.807, 2.05) is 41.1 Å². The summed E-state index contributed by atoms with van der Waals surface area (Å²) in [5, 5.41) is 7.14. The van der Waals surface area contributed by atoms with Gasteiger partial charge in [0, 0.05) is 11.8 Å². The van der Waals surface area contributed by atoms with Gasteiger partial charge in [0.15, 0.2) is 0 Å². The van der Waals surface area contributed by atoms with Gasteiger partial charge in [0.1, 0.15) is 41.0 Å². The number of alkyl carbamates (subject to hydrolysis) is 1. The summed E-state index contributed by atoms with van der Waals surface area (Å²) in [4.78, 5) is 68.0. The SMILES string of the molecule is CC(C)(C)[C@@H]1NC(=O)O[C@@H]2CC3C[C@@H]3[C@H]2CCCCCc2nc3ccc4ccccc4c3nc2O[C@@H]2C[C@@H](C(=O)N[C@]3(C(=O)NS(=O)(=O)C4(C)CC4)C[C@H]3C(F)F)N(C2)C1=O. The van der Waals surface area contributed by atoms with Crippen LogP contribution in [0.4, 0.5) is 13.6 Å². The molecule has 3 heterocycles. The van der Waals surface area contributed by atoms with E-state index in [9.17, 15) is 36.4 Å². The largest absolute Gasteiger partial charge is 0.471 e. The molecule has 328 valence electrons. The lowest BCUT2D eigenvalue weighted by Gasteiger charge is -2.36. The molecule has 1 unspecified atom stereocenters. The van der Waals surface area contributed by atoms with Crippen LogP contribution in [-0.2, 0) is 35.6 Å². The zero-order valence-corrected chi connectivity index (χ0v) is 35.7. The molecule has 1 saturated heterocycles. The minimum Gasteiger partial charge on any atom is -0.471 e. The Labute approximate surface area is 353 Å². The van der Waals surface area contributed by atoms with Crippen LogP contribution < -0.4 is 20.1 Å². The molecule has 2 aromatic carbocycles. The van der Waals surface area contributed by atoms with Gasteiger partial charge < -0.3 is 25.0 Å². The Morgan fingerprint density at radius 3 is 2.48 bits per heavy atom. The number of alkyl halides is 2. The van der Waals surface area contributed by atoms with Crippen molar-refractivity contribution in [2.75, 3.05) is 6.54 Å². The average Bonchev–Trinajstić information content (AvgIpc) is 4.16. The van der Waals surface area contributed by atoms with Crippen LogP contribution in [0, 0.1) is 29.1 Å². The molecule has 0 spiro atoms. The van der Waals surface area contributed by atoms with Gasteiger partial charge in [-0.3, -0.25) is 19.1 Å². The van der Waals surface area contributed by atoms with Crippen molar-refractivity contribution >= 4 is 55.6 Å². The van der Waals surface area contributed by atoms with Gasteiger partial charge in [-0.15, -0.1) is 0 Å². The lowest BCUT2D eigenvalue weighted by atomic mass is 9.85. The Morgan fingerprint density at radius 2 is 1.75 bits per heavy atom. The number of aryl methyl sites for hydroxylation is 1. The van der Waals surface area contributed by atoms with Gasteiger partial charge in [-0.1, -0.05) is 63.9 Å². The van der Waals surface area contributed by atoms with Crippen molar-refractivity contribution in [1.29, 1.82) is 0 Å². The van der Waals surface area contributed by atoms with Crippen LogP contribution in [0.15, 0.2) is 36.4 Å². The summed E-state index contributed by atoms with van der Waals surface area (Å²) >= 11 is 0. The van der Waals surface area contributed by atoms with Gasteiger partial charge >= 0.3 is 6.09 Å². The minimum atomic E-state index is -4.23. The molecule has 3 N–H and O–H groups in total. The van der Waals surface area contributed by atoms with Crippen molar-refractivity contribution in [3.63, 3.8) is 0 Å². The second-order valence-corrected chi connectivity index (χ2v) is 21.8. The van der Waals surface area contributed by atoms with Crippen LogP contribution in [0.25, 0.3) is 21.8 Å². The summed E-state index contributed by atoms with van der Waals surface area (Å²) in [6.45, 7) is 6.61. The molecule has 9 atom stereocenters. The maximum Gasteiger partial charge on any atom is 0.408 e. The standard InChI is InChI=1S/C44H54F2N6O8S/c1-42(2,3)35-39(54)52-22-25(20-32(52)37(53)50-44(21-29(44)36(45)46)40(55)51-61(57,58)43(4)16-17-43)59-38-31(47-30-15-14-23-10-8-9-11-26(23)34(30)48-38)13-7-5-6-12-27-28-18-24(28)19-33(27)60-41(56)49-35/h8-11,14-15,24-25,27-29,32-33,35-36H,5-7,12-13,16-22H2,1-4H3,(H,49,56)(H,50,53)(H,51,55)/t24?,25-,27-,28+,29+,32+,33-,35-,44-/m1/s1. The van der Waals surface area contributed by atoms with Crippen LogP contribution in [0.3, 0.4) is 0 Å². The fourth-order valence-corrected chi connectivity index (χ4v) is 11.4. The number of carbonyl (C=O) groups excluding carboxylic acids is 4. The first-order chi connectivity index (χ1) is 28.9. The first-order valence-electron chi connectivity index (χ1n) is 21.7. The molecule has 61 heavy (non-hydrogen) atoms. The van der Waals surface area contributed by atoms with Gasteiger partial charge in [0.2, 0.25) is 34.1 Å². The van der Waals surface area contributed by atoms with Gasteiger partial charge in [0.05, 0.1) is 22.7 Å². The van der Waals surface area contributed by atoms with E-state index in [2.05, 4.69) is 10.6 Å². The maximum atomic E-state index is 14.9. The molecule has 4 aliphatic carbocycles. The Hall–Kier alpha value is -4.67. The van der Waals surface area contributed by atoms with Crippen LogP contribution in [0.1, 0.15) is 97.6 Å². The van der Waals surface area contributed by atoms with Crippen LogP contribution in [0.2, 0.25) is 0 Å². The molecule has 3 aromatic rings. The molecule has 4 saturated carbocycles. The lowest BCUT2D eigenvalue weighted by Crippen LogP contribution is -2.60. The highest BCUT2D eigenvalue weighted by Gasteiger charge is 2.67. The van der Waals surface area contributed by atoms with E-state index in [0.717, 1.165) is 49.3 Å². The topological polar surface area (TPSA) is 186 Å². The van der Waals surface area contributed by atoms with Crippen LogP contribution in [0.5, 0.6) is 5.88 Å². The predicted molar refractivity (Wildman–Crippen MR) is 220 cm³/mol. The highest BCUT2D eigenvalue weighted by Crippen LogP contribution is 2.58. The third-order valence-electron chi connectivity index (χ3n) is 14.2. The number of benzene rings is 2.